The molecule has 3 aliphatic rings. The Morgan fingerprint density at radius 1 is 1.33 bits per heavy atom. The first kappa shape index (κ1) is 25.7. The number of carbonyl (C=O) groups is 3. The van der Waals surface area contributed by atoms with Crippen LogP contribution in [-0.2, 0) is 19.1 Å². The SMILES string of the molecule is C=CCN(C(=O)C1N([C@@H](CO)[C@@H](C)CC)C(=O)[C@@H]2[C@@H](C(=O)O)[C@@]3(C)CCC12O3)C(C)CCC. The highest BCUT2D eigenvalue weighted by Gasteiger charge is 2.79. The van der Waals surface area contributed by atoms with E-state index in [-0.39, 0.29) is 30.4 Å². The van der Waals surface area contributed by atoms with E-state index in [2.05, 4.69) is 13.5 Å². The number of nitrogens with zero attached hydrogens (tertiary/aromatic N) is 2. The van der Waals surface area contributed by atoms with Gasteiger partial charge in [-0.15, -0.1) is 6.58 Å². The number of aliphatic hydroxyl groups is 1. The van der Waals surface area contributed by atoms with Crippen LogP contribution in [0.15, 0.2) is 12.7 Å². The monoisotopic (exact) mass is 464 g/mol. The topological polar surface area (TPSA) is 107 Å². The van der Waals surface area contributed by atoms with Crippen molar-refractivity contribution in [2.45, 2.75) is 96.1 Å². The van der Waals surface area contributed by atoms with Crippen LogP contribution < -0.4 is 0 Å². The summed E-state index contributed by atoms with van der Waals surface area (Å²) in [6, 6.07) is -1.63. The fourth-order valence-corrected chi connectivity index (χ4v) is 6.55. The van der Waals surface area contributed by atoms with Crippen molar-refractivity contribution in [1.82, 2.24) is 9.80 Å². The van der Waals surface area contributed by atoms with E-state index in [9.17, 15) is 24.6 Å². The van der Waals surface area contributed by atoms with E-state index in [1.807, 2.05) is 20.8 Å². The number of hydrogen-bond acceptors (Lipinski definition) is 5. The number of carbonyl (C=O) groups excluding carboxylic acids is 2. The van der Waals surface area contributed by atoms with Gasteiger partial charge in [-0.25, -0.2) is 0 Å². The van der Waals surface area contributed by atoms with E-state index in [0.717, 1.165) is 12.8 Å². The minimum absolute atomic E-state index is 0.0681. The summed E-state index contributed by atoms with van der Waals surface area (Å²) in [7, 11) is 0. The zero-order valence-corrected chi connectivity index (χ0v) is 20.6. The molecule has 186 valence electrons. The minimum atomic E-state index is -1.20. The van der Waals surface area contributed by atoms with Gasteiger partial charge >= 0.3 is 5.97 Å². The fraction of sp³-hybridized carbons (Fsp3) is 0.800. The van der Waals surface area contributed by atoms with E-state index < -0.39 is 41.1 Å². The van der Waals surface area contributed by atoms with E-state index in [4.69, 9.17) is 4.74 Å². The van der Waals surface area contributed by atoms with Gasteiger partial charge in [0.25, 0.3) is 0 Å². The molecule has 0 saturated carbocycles. The standard InChI is InChI=1S/C25H40N2O6/c1-7-10-16(5)26(13-8-2)22(30)20-25-12-11-24(6,33-25)19(23(31)32)18(25)21(29)27(20)17(14-28)15(4)9-3/h8,15-20,28H,2,7,9-14H2,1,3-6H3,(H,31,32)/t15-,16?,17-,18-,19-,20?,24+,25?/m0/s1. The molecule has 3 unspecified atom stereocenters. The molecular formula is C25H40N2O6. The summed E-state index contributed by atoms with van der Waals surface area (Å²) in [6.45, 7) is 13.5. The Morgan fingerprint density at radius 2 is 2.00 bits per heavy atom. The molecule has 33 heavy (non-hydrogen) atoms. The molecule has 0 aromatic heterocycles. The molecule has 3 saturated heterocycles. The van der Waals surface area contributed by atoms with Gasteiger partial charge in [-0.3, -0.25) is 14.4 Å². The molecule has 0 aromatic rings. The van der Waals surface area contributed by atoms with Gasteiger partial charge < -0.3 is 24.7 Å². The summed E-state index contributed by atoms with van der Waals surface area (Å²) in [5, 5.41) is 20.4. The van der Waals surface area contributed by atoms with Crippen molar-refractivity contribution in [2.24, 2.45) is 17.8 Å². The molecule has 8 atom stereocenters. The number of hydrogen-bond donors (Lipinski definition) is 2. The normalized spacial score (nSPS) is 35.3. The predicted molar refractivity (Wildman–Crippen MR) is 123 cm³/mol. The maximum atomic E-state index is 14.2. The fourth-order valence-electron chi connectivity index (χ4n) is 6.55. The number of fused-ring (bicyclic) bond motifs is 1. The summed E-state index contributed by atoms with van der Waals surface area (Å²) in [5.41, 5.74) is -2.18. The first-order valence-electron chi connectivity index (χ1n) is 12.3. The Labute approximate surface area is 196 Å². The van der Waals surface area contributed by atoms with Gasteiger partial charge in [-0.05, 0) is 39.0 Å². The van der Waals surface area contributed by atoms with Crippen LogP contribution in [0.5, 0.6) is 0 Å². The van der Waals surface area contributed by atoms with Crippen molar-refractivity contribution >= 4 is 17.8 Å². The van der Waals surface area contributed by atoms with Crippen molar-refractivity contribution in [2.75, 3.05) is 13.2 Å². The number of likely N-dealkylation sites (tertiary alicyclic amines) is 1. The average Bonchev–Trinajstić information content (AvgIpc) is 3.33. The molecule has 8 nitrogen and oxygen atoms in total. The molecule has 1 spiro atoms. The molecule has 2 N–H and O–H groups in total. The third-order valence-electron chi connectivity index (χ3n) is 8.41. The van der Waals surface area contributed by atoms with Crippen molar-refractivity contribution in [3.63, 3.8) is 0 Å². The maximum absolute atomic E-state index is 14.2. The van der Waals surface area contributed by atoms with Crippen LogP contribution in [0, 0.1) is 17.8 Å². The van der Waals surface area contributed by atoms with E-state index in [0.29, 0.717) is 25.8 Å². The third-order valence-corrected chi connectivity index (χ3v) is 8.41. The van der Waals surface area contributed by atoms with Gasteiger partial charge in [0.15, 0.2) is 0 Å². The molecule has 2 amide bonds. The van der Waals surface area contributed by atoms with Crippen LogP contribution >= 0.6 is 0 Å². The maximum Gasteiger partial charge on any atom is 0.310 e. The van der Waals surface area contributed by atoms with Crippen LogP contribution in [0.2, 0.25) is 0 Å². The average molecular weight is 465 g/mol. The summed E-state index contributed by atoms with van der Waals surface area (Å²) in [4.78, 5) is 43.7. The first-order valence-corrected chi connectivity index (χ1v) is 12.3. The van der Waals surface area contributed by atoms with Gasteiger partial charge in [-0.2, -0.15) is 0 Å². The van der Waals surface area contributed by atoms with Crippen LogP contribution in [0.4, 0.5) is 0 Å². The zero-order valence-electron chi connectivity index (χ0n) is 20.6. The minimum Gasteiger partial charge on any atom is -0.481 e. The highest BCUT2D eigenvalue weighted by molar-refractivity contribution is 5.98. The second kappa shape index (κ2) is 9.37. The molecule has 0 aliphatic carbocycles. The number of carboxylic acid groups (broad SMARTS) is 1. The number of amides is 2. The molecule has 0 radical (unpaired) electrons. The van der Waals surface area contributed by atoms with Gasteiger partial charge in [0, 0.05) is 12.6 Å². The van der Waals surface area contributed by atoms with Crippen LogP contribution in [0.1, 0.15) is 66.7 Å². The highest BCUT2D eigenvalue weighted by atomic mass is 16.5. The molecular weight excluding hydrogens is 424 g/mol. The van der Waals surface area contributed by atoms with E-state index in [1.54, 1.807) is 17.9 Å². The third kappa shape index (κ3) is 3.79. The van der Waals surface area contributed by atoms with Crippen LogP contribution in [0.3, 0.4) is 0 Å². The van der Waals surface area contributed by atoms with Crippen molar-refractivity contribution in [3.8, 4) is 0 Å². The second-order valence-corrected chi connectivity index (χ2v) is 10.4. The van der Waals surface area contributed by atoms with Crippen molar-refractivity contribution < 1.29 is 29.3 Å². The Balaban J connectivity index is 2.16. The lowest BCUT2D eigenvalue weighted by Gasteiger charge is -2.42. The van der Waals surface area contributed by atoms with Crippen LogP contribution in [0.25, 0.3) is 0 Å². The Morgan fingerprint density at radius 3 is 2.52 bits per heavy atom. The van der Waals surface area contributed by atoms with Gasteiger partial charge in [-0.1, -0.05) is 39.7 Å². The van der Waals surface area contributed by atoms with Crippen molar-refractivity contribution in [1.29, 1.82) is 0 Å². The van der Waals surface area contributed by atoms with Crippen molar-refractivity contribution in [3.05, 3.63) is 12.7 Å². The van der Waals surface area contributed by atoms with Gasteiger partial charge in [0.1, 0.15) is 11.6 Å². The summed E-state index contributed by atoms with van der Waals surface area (Å²) in [5.74, 6) is -3.73. The Bertz CT molecular complexity index is 802. The molecule has 3 fully saturated rings. The summed E-state index contributed by atoms with van der Waals surface area (Å²) in [6.07, 6.45) is 4.99. The second-order valence-electron chi connectivity index (χ2n) is 10.4. The Kier molecular flexibility index (Phi) is 7.30. The van der Waals surface area contributed by atoms with Crippen LogP contribution in [-0.4, -0.2) is 80.3 Å². The number of rotatable bonds is 11. The molecule has 2 bridgehead atoms. The Hall–Kier alpha value is -1.93. The van der Waals surface area contributed by atoms with Gasteiger partial charge in [0.2, 0.25) is 11.8 Å². The summed E-state index contributed by atoms with van der Waals surface area (Å²) >= 11 is 0. The lowest BCUT2D eigenvalue weighted by molar-refractivity contribution is -0.160. The quantitative estimate of drug-likeness (QED) is 0.455. The van der Waals surface area contributed by atoms with E-state index >= 15 is 0 Å². The highest BCUT2D eigenvalue weighted by Crippen LogP contribution is 2.63. The lowest BCUT2D eigenvalue weighted by Crippen LogP contribution is -2.61. The number of ether oxygens (including phenoxy) is 1. The number of aliphatic carboxylic acids is 1. The molecule has 3 aliphatic heterocycles. The van der Waals surface area contributed by atoms with Gasteiger partial charge in [0.05, 0.1) is 30.1 Å². The zero-order chi connectivity index (χ0) is 24.7. The summed E-state index contributed by atoms with van der Waals surface area (Å²) < 4.78 is 6.46. The first-order chi connectivity index (χ1) is 15.5. The predicted octanol–water partition coefficient (Wildman–Crippen LogP) is 2.45. The molecule has 8 heteroatoms. The smallest absolute Gasteiger partial charge is 0.310 e. The molecule has 3 heterocycles. The number of carboxylic acids is 1. The van der Waals surface area contributed by atoms with E-state index in [1.165, 1.54) is 4.90 Å². The number of aliphatic hydroxyl groups excluding tert-OH is 1. The lowest BCUT2D eigenvalue weighted by atomic mass is 9.66. The molecule has 0 aromatic carbocycles. The molecule has 3 rings (SSSR count). The largest absolute Gasteiger partial charge is 0.481 e.